The van der Waals surface area contributed by atoms with E-state index in [-0.39, 0.29) is 5.91 Å². The number of hydrogen-bond acceptors (Lipinski definition) is 4. The lowest BCUT2D eigenvalue weighted by Crippen LogP contribution is -2.50. The van der Waals surface area contributed by atoms with Crippen molar-refractivity contribution in [2.24, 2.45) is 0 Å². The molecule has 1 aromatic rings. The van der Waals surface area contributed by atoms with E-state index in [4.69, 9.17) is 21.1 Å². The van der Waals surface area contributed by atoms with Crippen LogP contribution in [0.5, 0.6) is 11.5 Å². The van der Waals surface area contributed by atoms with Crippen LogP contribution in [0.25, 0.3) is 0 Å². The highest BCUT2D eigenvalue weighted by atomic mass is 35.5. The average Bonchev–Trinajstić information content (AvgIpc) is 2.49. The lowest BCUT2D eigenvalue weighted by atomic mass is 10.2. The van der Waals surface area contributed by atoms with E-state index in [0.717, 1.165) is 13.1 Å². The molecule has 1 atom stereocenters. The normalized spacial score (nSPS) is 16.6. The van der Waals surface area contributed by atoms with E-state index < -0.39 is 6.10 Å². The minimum atomic E-state index is -0.556. The van der Waals surface area contributed by atoms with Crippen LogP contribution in [-0.2, 0) is 4.79 Å². The van der Waals surface area contributed by atoms with Crippen LogP contribution in [0.1, 0.15) is 6.92 Å². The number of methoxy groups -OCH3 is 1. The summed E-state index contributed by atoms with van der Waals surface area (Å²) in [5, 5.41) is 3.64. The summed E-state index contributed by atoms with van der Waals surface area (Å²) in [4.78, 5) is 14.0. The molecule has 20 heavy (non-hydrogen) atoms. The van der Waals surface area contributed by atoms with Crippen molar-refractivity contribution in [1.82, 2.24) is 10.2 Å². The van der Waals surface area contributed by atoms with Gasteiger partial charge in [-0.2, -0.15) is 0 Å². The molecule has 2 rings (SSSR count). The number of hydrogen-bond donors (Lipinski definition) is 1. The number of nitrogens with zero attached hydrogens (tertiary/aromatic N) is 1. The number of halogens is 1. The van der Waals surface area contributed by atoms with Crippen molar-refractivity contribution >= 4 is 17.5 Å². The third-order valence-corrected chi connectivity index (χ3v) is 3.51. The number of carbonyl (C=O) groups is 1. The predicted molar refractivity (Wildman–Crippen MR) is 77.5 cm³/mol. The second-order valence-electron chi connectivity index (χ2n) is 4.63. The Kier molecular flexibility index (Phi) is 5.09. The molecule has 0 aromatic heterocycles. The van der Waals surface area contributed by atoms with E-state index >= 15 is 0 Å². The Morgan fingerprint density at radius 3 is 2.70 bits per heavy atom. The van der Waals surface area contributed by atoms with Crippen molar-refractivity contribution < 1.29 is 14.3 Å². The number of piperazine rings is 1. The Morgan fingerprint density at radius 1 is 1.40 bits per heavy atom. The van der Waals surface area contributed by atoms with Gasteiger partial charge in [0, 0.05) is 32.2 Å². The molecule has 0 bridgehead atoms. The van der Waals surface area contributed by atoms with Crippen LogP contribution in [-0.4, -0.2) is 50.2 Å². The molecule has 6 heteroatoms. The number of ether oxygens (including phenoxy) is 2. The van der Waals surface area contributed by atoms with Crippen LogP contribution in [0.4, 0.5) is 0 Å². The average molecular weight is 299 g/mol. The predicted octanol–water partition coefficient (Wildman–Crippen LogP) is 1.55. The topological polar surface area (TPSA) is 50.8 Å². The van der Waals surface area contributed by atoms with Crippen LogP contribution < -0.4 is 14.8 Å². The smallest absolute Gasteiger partial charge is 0.263 e. The van der Waals surface area contributed by atoms with Gasteiger partial charge in [0.05, 0.1) is 12.1 Å². The molecule has 0 saturated carbocycles. The Labute approximate surface area is 123 Å². The largest absolute Gasteiger partial charge is 0.497 e. The summed E-state index contributed by atoms with van der Waals surface area (Å²) in [7, 11) is 1.57. The summed E-state index contributed by atoms with van der Waals surface area (Å²) >= 11 is 6.10. The van der Waals surface area contributed by atoms with Gasteiger partial charge in [0.1, 0.15) is 11.5 Å². The van der Waals surface area contributed by atoms with Gasteiger partial charge in [0.2, 0.25) is 0 Å². The van der Waals surface area contributed by atoms with E-state index in [1.165, 1.54) is 0 Å². The molecule has 0 radical (unpaired) electrons. The fraction of sp³-hybridized carbons (Fsp3) is 0.500. The van der Waals surface area contributed by atoms with E-state index in [1.54, 1.807) is 37.1 Å². The maximum absolute atomic E-state index is 12.2. The van der Waals surface area contributed by atoms with E-state index in [1.807, 2.05) is 0 Å². The van der Waals surface area contributed by atoms with E-state index in [9.17, 15) is 4.79 Å². The Bertz CT molecular complexity index is 475. The van der Waals surface area contributed by atoms with Crippen LogP contribution in [0, 0.1) is 0 Å². The second-order valence-corrected chi connectivity index (χ2v) is 5.04. The first-order chi connectivity index (χ1) is 9.61. The minimum Gasteiger partial charge on any atom is -0.497 e. The minimum absolute atomic E-state index is 0.0154. The molecule has 0 spiro atoms. The molecule has 1 aromatic carbocycles. The quantitative estimate of drug-likeness (QED) is 0.916. The summed E-state index contributed by atoms with van der Waals surface area (Å²) in [6, 6.07) is 5.13. The van der Waals surface area contributed by atoms with Crippen molar-refractivity contribution in [2.45, 2.75) is 13.0 Å². The van der Waals surface area contributed by atoms with Crippen LogP contribution in [0.15, 0.2) is 18.2 Å². The van der Waals surface area contributed by atoms with Crippen molar-refractivity contribution in [3.8, 4) is 11.5 Å². The fourth-order valence-corrected chi connectivity index (χ4v) is 2.30. The number of rotatable bonds is 4. The molecule has 5 nitrogen and oxygen atoms in total. The van der Waals surface area contributed by atoms with Crippen molar-refractivity contribution in [3.05, 3.63) is 23.2 Å². The molecule has 1 aliphatic heterocycles. The molecule has 0 aliphatic carbocycles. The number of benzene rings is 1. The zero-order valence-corrected chi connectivity index (χ0v) is 12.4. The highest BCUT2D eigenvalue weighted by Crippen LogP contribution is 2.29. The van der Waals surface area contributed by atoms with E-state index in [0.29, 0.717) is 29.6 Å². The van der Waals surface area contributed by atoms with Crippen molar-refractivity contribution in [1.29, 1.82) is 0 Å². The maximum Gasteiger partial charge on any atom is 0.263 e. The van der Waals surface area contributed by atoms with Crippen LogP contribution in [0.2, 0.25) is 5.02 Å². The summed E-state index contributed by atoms with van der Waals surface area (Å²) in [5.41, 5.74) is 0. The molecule has 110 valence electrons. The van der Waals surface area contributed by atoms with Gasteiger partial charge in [-0.15, -0.1) is 0 Å². The summed E-state index contributed by atoms with van der Waals surface area (Å²) < 4.78 is 10.7. The fourth-order valence-electron chi connectivity index (χ4n) is 2.09. The summed E-state index contributed by atoms with van der Waals surface area (Å²) in [6.07, 6.45) is -0.556. The molecule has 1 heterocycles. The lowest BCUT2D eigenvalue weighted by Gasteiger charge is -2.29. The molecule has 1 aliphatic rings. The highest BCUT2D eigenvalue weighted by Gasteiger charge is 2.23. The lowest BCUT2D eigenvalue weighted by molar-refractivity contribution is -0.138. The van der Waals surface area contributed by atoms with Crippen molar-refractivity contribution in [2.75, 3.05) is 33.3 Å². The third kappa shape index (κ3) is 3.55. The molecule has 1 amide bonds. The zero-order valence-electron chi connectivity index (χ0n) is 11.7. The SMILES string of the molecule is COc1ccc(OC(C)C(=O)N2CCNCC2)c(Cl)c1. The van der Waals surface area contributed by atoms with Gasteiger partial charge in [-0.25, -0.2) is 0 Å². The Balaban J connectivity index is 1.99. The highest BCUT2D eigenvalue weighted by molar-refractivity contribution is 6.32. The van der Waals surface area contributed by atoms with Gasteiger partial charge in [0.25, 0.3) is 5.91 Å². The van der Waals surface area contributed by atoms with Gasteiger partial charge >= 0.3 is 0 Å². The molecular weight excluding hydrogens is 280 g/mol. The van der Waals surface area contributed by atoms with Crippen molar-refractivity contribution in [3.63, 3.8) is 0 Å². The van der Waals surface area contributed by atoms with Gasteiger partial charge < -0.3 is 19.7 Å². The maximum atomic E-state index is 12.2. The van der Waals surface area contributed by atoms with Crippen LogP contribution in [0.3, 0.4) is 0 Å². The van der Waals surface area contributed by atoms with Gasteiger partial charge in [-0.3, -0.25) is 4.79 Å². The van der Waals surface area contributed by atoms with Gasteiger partial charge in [-0.05, 0) is 19.1 Å². The second kappa shape index (κ2) is 6.81. The summed E-state index contributed by atoms with van der Waals surface area (Å²) in [6.45, 7) is 4.81. The number of amides is 1. The standard InChI is InChI=1S/C14H19ClN2O3/c1-10(14(18)17-7-5-16-6-8-17)20-13-4-3-11(19-2)9-12(13)15/h3-4,9-10,16H,5-8H2,1-2H3. The van der Waals surface area contributed by atoms with E-state index in [2.05, 4.69) is 5.32 Å². The van der Waals surface area contributed by atoms with Crippen LogP contribution >= 0.6 is 11.6 Å². The monoisotopic (exact) mass is 298 g/mol. The number of carbonyl (C=O) groups excluding carboxylic acids is 1. The van der Waals surface area contributed by atoms with Gasteiger partial charge in [0.15, 0.2) is 6.10 Å². The number of nitrogens with one attached hydrogen (secondary N) is 1. The zero-order chi connectivity index (χ0) is 14.5. The summed E-state index contributed by atoms with van der Waals surface area (Å²) in [5.74, 6) is 1.13. The third-order valence-electron chi connectivity index (χ3n) is 3.22. The molecule has 1 fully saturated rings. The molecule has 1 saturated heterocycles. The Hall–Kier alpha value is -1.46. The molecule has 1 N–H and O–H groups in total. The van der Waals surface area contributed by atoms with Gasteiger partial charge in [-0.1, -0.05) is 11.6 Å². The Morgan fingerprint density at radius 2 is 2.10 bits per heavy atom. The molecule has 1 unspecified atom stereocenters. The first kappa shape index (κ1) is 14.9. The first-order valence-electron chi connectivity index (χ1n) is 6.61. The first-order valence-corrected chi connectivity index (χ1v) is 6.99. The molecular formula is C14H19ClN2O3.